The number of pyridine rings is 1. The number of anilines is 3. The van der Waals surface area contributed by atoms with Crippen molar-refractivity contribution in [1.82, 2.24) is 4.98 Å². The zero-order valence-electron chi connectivity index (χ0n) is 22.8. The Kier molecular flexibility index (Phi) is 7.94. The van der Waals surface area contributed by atoms with Gasteiger partial charge in [0.25, 0.3) is 0 Å². The first-order valence-corrected chi connectivity index (χ1v) is 15.5. The van der Waals surface area contributed by atoms with E-state index in [-0.39, 0.29) is 5.41 Å². The van der Waals surface area contributed by atoms with Crippen LogP contribution >= 0.6 is 69.6 Å². The summed E-state index contributed by atoms with van der Waals surface area (Å²) in [5, 5.41) is 2.43. The molecule has 1 atom stereocenters. The number of halogens is 6. The Labute approximate surface area is 275 Å². The number of fused-ring (bicyclic) bond motifs is 2. The molecule has 2 nitrogen and oxygen atoms in total. The topological polar surface area (TPSA) is 16.1 Å². The van der Waals surface area contributed by atoms with Crippen LogP contribution in [0.25, 0.3) is 0 Å². The number of rotatable bonds is 4. The van der Waals surface area contributed by atoms with Crippen molar-refractivity contribution >= 4 is 86.7 Å². The Bertz CT molecular complexity index is 1750. The summed E-state index contributed by atoms with van der Waals surface area (Å²) in [5.41, 5.74) is 8.31. The lowest BCUT2D eigenvalue weighted by molar-refractivity contribution is 0.632. The molecule has 0 spiro atoms. The highest BCUT2D eigenvalue weighted by Gasteiger charge is 2.37. The minimum atomic E-state index is -0.591. The molecule has 0 radical (unpaired) electrons. The van der Waals surface area contributed by atoms with Gasteiger partial charge in [-0.3, -0.25) is 4.98 Å². The second-order valence-corrected chi connectivity index (χ2v) is 13.4. The highest BCUT2D eigenvalue weighted by molar-refractivity contribution is 6.40. The van der Waals surface area contributed by atoms with Crippen LogP contribution in [0, 0.1) is 6.92 Å². The third kappa shape index (κ3) is 4.87. The van der Waals surface area contributed by atoms with Crippen LogP contribution < -0.4 is 4.90 Å². The molecule has 8 heteroatoms. The van der Waals surface area contributed by atoms with Crippen LogP contribution in [0.5, 0.6) is 0 Å². The Morgan fingerprint density at radius 3 is 1.62 bits per heavy atom. The molecule has 4 aromatic carbocycles. The zero-order chi connectivity index (χ0) is 29.9. The maximum atomic E-state index is 7.26. The summed E-state index contributed by atoms with van der Waals surface area (Å²) in [4.78, 5) is 6.42. The molecule has 0 N–H and O–H groups in total. The van der Waals surface area contributed by atoms with E-state index in [1.165, 1.54) is 11.1 Å². The molecule has 6 rings (SSSR count). The fourth-order valence-electron chi connectivity index (χ4n) is 6.14. The molecule has 1 unspecified atom stereocenters. The number of nitrogens with zero attached hydrogens (tertiary/aromatic N) is 2. The smallest absolute Gasteiger partial charge is 0.0645 e. The molecule has 0 saturated heterocycles. The van der Waals surface area contributed by atoms with Gasteiger partial charge < -0.3 is 4.90 Å². The van der Waals surface area contributed by atoms with Crippen molar-refractivity contribution in [1.29, 1.82) is 0 Å². The molecule has 2 heterocycles. The molecule has 0 amide bonds. The minimum Gasteiger partial charge on any atom is -0.310 e. The van der Waals surface area contributed by atoms with Crippen molar-refractivity contribution in [2.75, 3.05) is 4.90 Å². The van der Waals surface area contributed by atoms with Crippen LogP contribution in [0.15, 0.2) is 85.2 Å². The van der Waals surface area contributed by atoms with E-state index in [1.54, 1.807) is 24.5 Å². The van der Waals surface area contributed by atoms with Gasteiger partial charge in [0.15, 0.2) is 0 Å². The predicted octanol–water partition coefficient (Wildman–Crippen LogP) is 12.6. The number of para-hydroxylation sites is 2. The molecule has 5 aromatic rings. The van der Waals surface area contributed by atoms with Gasteiger partial charge in [-0.05, 0) is 65.6 Å². The SMILES string of the molecule is Cc1cc(N2c3ccccc3C(C)(C)c3ccccc32)cc(Cl)c1C(c1c(Cl)cncc1Cl)c1c(Cl)cc(Cl)cc1Cl. The predicted molar refractivity (Wildman–Crippen MR) is 180 cm³/mol. The van der Waals surface area contributed by atoms with E-state index in [0.717, 1.165) is 28.2 Å². The average molecular weight is 673 g/mol. The van der Waals surface area contributed by atoms with Gasteiger partial charge in [0.2, 0.25) is 0 Å². The van der Waals surface area contributed by atoms with Crippen LogP contribution in [0.4, 0.5) is 17.1 Å². The molecule has 1 aliphatic rings. The van der Waals surface area contributed by atoms with Crippen molar-refractivity contribution in [3.05, 3.63) is 149 Å². The first kappa shape index (κ1) is 29.6. The first-order chi connectivity index (χ1) is 20.0. The molecule has 0 fully saturated rings. The summed E-state index contributed by atoms with van der Waals surface area (Å²) in [5.74, 6) is -0.591. The third-order valence-corrected chi connectivity index (χ3v) is 9.77. The van der Waals surface area contributed by atoms with Gasteiger partial charge in [0.05, 0.1) is 21.4 Å². The van der Waals surface area contributed by atoms with Gasteiger partial charge in [-0.25, -0.2) is 0 Å². The molecule has 0 saturated carbocycles. The Hall–Kier alpha value is -2.43. The molecule has 212 valence electrons. The fraction of sp³-hybridized carbons (Fsp3) is 0.147. The summed E-state index contributed by atoms with van der Waals surface area (Å²) < 4.78 is 0. The summed E-state index contributed by atoms with van der Waals surface area (Å²) in [6.45, 7) is 6.54. The number of benzene rings is 4. The molecule has 1 aromatic heterocycles. The van der Waals surface area contributed by atoms with E-state index in [0.29, 0.717) is 41.3 Å². The normalized spacial score (nSPS) is 14.4. The van der Waals surface area contributed by atoms with Gasteiger partial charge in [-0.1, -0.05) is 120 Å². The fourth-order valence-corrected chi connectivity index (χ4v) is 8.13. The van der Waals surface area contributed by atoms with E-state index < -0.39 is 5.92 Å². The van der Waals surface area contributed by atoms with E-state index in [4.69, 9.17) is 69.6 Å². The second-order valence-electron chi connectivity index (χ2n) is 10.9. The summed E-state index contributed by atoms with van der Waals surface area (Å²) in [6, 6.07) is 24.4. The van der Waals surface area contributed by atoms with E-state index in [2.05, 4.69) is 78.3 Å². The second kappa shape index (κ2) is 11.2. The van der Waals surface area contributed by atoms with E-state index >= 15 is 0 Å². The van der Waals surface area contributed by atoms with Crippen molar-refractivity contribution in [3.8, 4) is 0 Å². The van der Waals surface area contributed by atoms with Crippen molar-refractivity contribution in [2.45, 2.75) is 32.1 Å². The van der Waals surface area contributed by atoms with Gasteiger partial charge in [0, 0.05) is 60.6 Å². The standard InChI is InChI=1S/C34H24Cl6N2/c1-18-12-20(42-28-10-6-4-8-21(28)34(2,3)22-9-5-7-11-29(22)42)15-25(38)30(18)33(32-26(39)16-41-17-27(32)40)31-23(36)13-19(35)14-24(31)37/h4-17,33H,1-3H3. The summed E-state index contributed by atoms with van der Waals surface area (Å²) in [7, 11) is 0. The highest BCUT2D eigenvalue weighted by Crippen LogP contribution is 2.54. The van der Waals surface area contributed by atoms with Crippen LogP contribution in [-0.4, -0.2) is 4.98 Å². The Morgan fingerprint density at radius 1 is 0.619 bits per heavy atom. The lowest BCUT2D eigenvalue weighted by Crippen LogP contribution is -2.30. The molecule has 0 bridgehead atoms. The molecule has 0 aliphatic carbocycles. The van der Waals surface area contributed by atoms with Crippen molar-refractivity contribution in [3.63, 3.8) is 0 Å². The molecular weight excluding hydrogens is 649 g/mol. The molecular formula is C34H24Cl6N2. The number of aromatic nitrogens is 1. The zero-order valence-corrected chi connectivity index (χ0v) is 27.4. The Morgan fingerprint density at radius 2 is 1.10 bits per heavy atom. The minimum absolute atomic E-state index is 0.176. The van der Waals surface area contributed by atoms with E-state index in [1.807, 2.05) is 13.0 Å². The number of hydrogen-bond acceptors (Lipinski definition) is 2. The van der Waals surface area contributed by atoms with Crippen LogP contribution in [0.1, 0.15) is 53.1 Å². The highest BCUT2D eigenvalue weighted by atomic mass is 35.5. The Balaban J connectivity index is 1.61. The van der Waals surface area contributed by atoms with Crippen LogP contribution in [0.2, 0.25) is 30.1 Å². The largest absolute Gasteiger partial charge is 0.310 e. The number of hydrogen-bond donors (Lipinski definition) is 0. The average Bonchev–Trinajstić information content (AvgIpc) is 2.92. The van der Waals surface area contributed by atoms with E-state index in [9.17, 15) is 0 Å². The van der Waals surface area contributed by atoms with Gasteiger partial charge in [0.1, 0.15) is 0 Å². The van der Waals surface area contributed by atoms with Crippen LogP contribution in [0.3, 0.4) is 0 Å². The lowest BCUT2D eigenvalue weighted by Gasteiger charge is -2.42. The van der Waals surface area contributed by atoms with Gasteiger partial charge >= 0.3 is 0 Å². The molecule has 42 heavy (non-hydrogen) atoms. The van der Waals surface area contributed by atoms with Crippen LogP contribution in [-0.2, 0) is 5.41 Å². The first-order valence-electron chi connectivity index (χ1n) is 13.2. The quantitative estimate of drug-likeness (QED) is 0.189. The number of aryl methyl sites for hydroxylation is 1. The van der Waals surface area contributed by atoms with Crippen molar-refractivity contribution in [2.24, 2.45) is 0 Å². The summed E-state index contributed by atoms with van der Waals surface area (Å²) >= 11 is 40.7. The maximum absolute atomic E-state index is 7.26. The monoisotopic (exact) mass is 670 g/mol. The maximum Gasteiger partial charge on any atom is 0.0645 e. The summed E-state index contributed by atoms with van der Waals surface area (Å²) in [6.07, 6.45) is 3.10. The van der Waals surface area contributed by atoms with Gasteiger partial charge in [-0.15, -0.1) is 0 Å². The van der Waals surface area contributed by atoms with Gasteiger partial charge in [-0.2, -0.15) is 0 Å². The molecule has 1 aliphatic heterocycles. The lowest BCUT2D eigenvalue weighted by atomic mass is 9.73. The third-order valence-electron chi connectivity index (χ3n) is 8.02. The van der Waals surface area contributed by atoms with Crippen molar-refractivity contribution < 1.29 is 0 Å².